The third-order valence-electron chi connectivity index (χ3n) is 3.54. The minimum absolute atomic E-state index is 0.00119. The summed E-state index contributed by atoms with van der Waals surface area (Å²) in [5.41, 5.74) is 1.27. The molecule has 0 fully saturated rings. The van der Waals surface area contributed by atoms with Crippen LogP contribution >= 0.6 is 11.8 Å². The molecule has 0 radical (unpaired) electrons. The van der Waals surface area contributed by atoms with Gasteiger partial charge in [-0.1, -0.05) is 36.4 Å². The maximum atomic E-state index is 12.3. The van der Waals surface area contributed by atoms with Crippen LogP contribution in [0.2, 0.25) is 0 Å². The molecule has 0 atom stereocenters. The van der Waals surface area contributed by atoms with E-state index >= 15 is 0 Å². The zero-order valence-electron chi connectivity index (χ0n) is 12.1. The molecular weight excluding hydrogens is 296 g/mol. The molecule has 3 rings (SSSR count). The normalized spacial score (nSPS) is 13.1. The molecule has 1 aliphatic rings. The van der Waals surface area contributed by atoms with Crippen LogP contribution in [0, 0.1) is 0 Å². The number of carbonyl (C=O) groups excluding carboxylic acids is 2. The van der Waals surface area contributed by atoms with E-state index in [2.05, 4.69) is 0 Å². The molecular formula is C18H16O3S. The highest BCUT2D eigenvalue weighted by Gasteiger charge is 2.15. The first-order valence-electron chi connectivity index (χ1n) is 7.25. The molecule has 2 aromatic rings. The van der Waals surface area contributed by atoms with Gasteiger partial charge in [0.1, 0.15) is 5.75 Å². The van der Waals surface area contributed by atoms with Gasteiger partial charge in [-0.2, -0.15) is 0 Å². The summed E-state index contributed by atoms with van der Waals surface area (Å²) >= 11 is 1.73. The Balaban J connectivity index is 1.64. The molecule has 0 spiro atoms. The third-order valence-corrected chi connectivity index (χ3v) is 4.56. The number of ketones is 2. The van der Waals surface area contributed by atoms with Crippen LogP contribution in [0.4, 0.5) is 0 Å². The molecule has 0 unspecified atom stereocenters. The summed E-state index contributed by atoms with van der Waals surface area (Å²) in [7, 11) is 0. The van der Waals surface area contributed by atoms with Gasteiger partial charge in [0.05, 0.1) is 6.61 Å². The van der Waals surface area contributed by atoms with Crippen LogP contribution in [0.3, 0.4) is 0 Å². The first-order chi connectivity index (χ1) is 10.7. The number of hydrogen-bond donors (Lipinski definition) is 0. The van der Waals surface area contributed by atoms with Gasteiger partial charge in [0.2, 0.25) is 0 Å². The van der Waals surface area contributed by atoms with Gasteiger partial charge in [0, 0.05) is 34.6 Å². The van der Waals surface area contributed by atoms with E-state index in [0.717, 1.165) is 16.4 Å². The fourth-order valence-electron chi connectivity index (χ4n) is 2.36. The second kappa shape index (κ2) is 6.79. The lowest BCUT2D eigenvalue weighted by molar-refractivity contribution is 0.0917. The predicted octanol–water partition coefficient (Wildman–Crippen LogP) is 4.02. The summed E-state index contributed by atoms with van der Waals surface area (Å²) in [4.78, 5) is 25.4. The van der Waals surface area contributed by atoms with Crippen LogP contribution in [-0.2, 0) is 0 Å². The number of rotatable bonds is 5. The maximum absolute atomic E-state index is 12.3. The Morgan fingerprint density at radius 3 is 2.45 bits per heavy atom. The van der Waals surface area contributed by atoms with E-state index in [1.54, 1.807) is 30.0 Å². The van der Waals surface area contributed by atoms with Gasteiger partial charge in [-0.15, -0.1) is 11.8 Å². The minimum Gasteiger partial charge on any atom is -0.492 e. The average Bonchev–Trinajstić information content (AvgIpc) is 2.59. The first kappa shape index (κ1) is 14.9. The SMILES string of the molecule is O=C(CCC(=O)c1ccc2c(c1)OCCS2)c1ccccc1. The van der Waals surface area contributed by atoms with E-state index in [-0.39, 0.29) is 24.4 Å². The van der Waals surface area contributed by atoms with Crippen molar-refractivity contribution >= 4 is 23.3 Å². The Kier molecular flexibility index (Phi) is 4.59. The van der Waals surface area contributed by atoms with Crippen LogP contribution in [-0.4, -0.2) is 23.9 Å². The van der Waals surface area contributed by atoms with Gasteiger partial charge in [0.15, 0.2) is 11.6 Å². The molecule has 0 aromatic heterocycles. The molecule has 0 saturated carbocycles. The largest absolute Gasteiger partial charge is 0.492 e. The van der Waals surface area contributed by atoms with Crippen molar-refractivity contribution < 1.29 is 14.3 Å². The summed E-state index contributed by atoms with van der Waals surface area (Å²) in [6, 6.07) is 14.6. The summed E-state index contributed by atoms with van der Waals surface area (Å²) in [6.45, 7) is 0.668. The highest BCUT2D eigenvalue weighted by atomic mass is 32.2. The summed E-state index contributed by atoms with van der Waals surface area (Å²) in [5, 5.41) is 0. The van der Waals surface area contributed by atoms with Crippen molar-refractivity contribution in [1.29, 1.82) is 0 Å². The van der Waals surface area contributed by atoms with Crippen molar-refractivity contribution in [3.63, 3.8) is 0 Å². The zero-order chi connectivity index (χ0) is 15.4. The van der Waals surface area contributed by atoms with Crippen molar-refractivity contribution in [2.75, 3.05) is 12.4 Å². The topological polar surface area (TPSA) is 43.4 Å². The summed E-state index contributed by atoms with van der Waals surface area (Å²) in [6.07, 6.45) is 0.454. The van der Waals surface area contributed by atoms with Gasteiger partial charge in [-0.05, 0) is 12.1 Å². The Morgan fingerprint density at radius 1 is 0.955 bits per heavy atom. The summed E-state index contributed by atoms with van der Waals surface area (Å²) < 4.78 is 5.57. The molecule has 3 nitrogen and oxygen atoms in total. The van der Waals surface area contributed by atoms with E-state index in [1.165, 1.54) is 0 Å². The molecule has 1 aliphatic heterocycles. The van der Waals surface area contributed by atoms with Crippen LogP contribution in [0.25, 0.3) is 0 Å². The first-order valence-corrected chi connectivity index (χ1v) is 8.24. The minimum atomic E-state index is -0.0220. The number of thioether (sulfide) groups is 1. The van der Waals surface area contributed by atoms with Gasteiger partial charge in [-0.3, -0.25) is 9.59 Å². The Bertz CT molecular complexity index is 695. The van der Waals surface area contributed by atoms with Crippen LogP contribution in [0.15, 0.2) is 53.4 Å². The average molecular weight is 312 g/mol. The molecule has 0 aliphatic carbocycles. The fourth-order valence-corrected chi connectivity index (χ4v) is 3.17. The monoisotopic (exact) mass is 312 g/mol. The summed E-state index contributed by atoms with van der Waals surface area (Å²) in [5.74, 6) is 1.69. The highest BCUT2D eigenvalue weighted by molar-refractivity contribution is 7.99. The number of fused-ring (bicyclic) bond motifs is 1. The second-order valence-corrected chi connectivity index (χ2v) is 6.21. The lowest BCUT2D eigenvalue weighted by Gasteiger charge is -2.17. The van der Waals surface area contributed by atoms with Crippen molar-refractivity contribution in [1.82, 2.24) is 0 Å². The van der Waals surface area contributed by atoms with Gasteiger partial charge >= 0.3 is 0 Å². The maximum Gasteiger partial charge on any atom is 0.163 e. The molecule has 0 bridgehead atoms. The Labute approximate surface area is 133 Å². The molecule has 0 amide bonds. The van der Waals surface area contributed by atoms with Crippen LogP contribution in [0.5, 0.6) is 5.75 Å². The van der Waals surface area contributed by atoms with Crippen molar-refractivity contribution in [2.45, 2.75) is 17.7 Å². The van der Waals surface area contributed by atoms with E-state index in [4.69, 9.17) is 4.74 Å². The van der Waals surface area contributed by atoms with E-state index in [9.17, 15) is 9.59 Å². The van der Waals surface area contributed by atoms with Gasteiger partial charge < -0.3 is 4.74 Å². The van der Waals surface area contributed by atoms with Gasteiger partial charge in [-0.25, -0.2) is 0 Å². The molecule has 1 heterocycles. The fraction of sp³-hybridized carbons (Fsp3) is 0.222. The number of hydrogen-bond acceptors (Lipinski definition) is 4. The number of carbonyl (C=O) groups is 2. The van der Waals surface area contributed by atoms with E-state index < -0.39 is 0 Å². The standard InChI is InChI=1S/C18H16O3S/c19-15(13-4-2-1-3-5-13)7-8-16(20)14-6-9-18-17(12-14)21-10-11-22-18/h1-6,9,12H,7-8,10-11H2. The van der Waals surface area contributed by atoms with Gasteiger partial charge in [0.25, 0.3) is 0 Å². The van der Waals surface area contributed by atoms with Crippen molar-refractivity contribution in [2.24, 2.45) is 0 Å². The smallest absolute Gasteiger partial charge is 0.163 e. The zero-order valence-corrected chi connectivity index (χ0v) is 12.9. The molecule has 0 N–H and O–H groups in total. The van der Waals surface area contributed by atoms with E-state index in [0.29, 0.717) is 17.7 Å². The van der Waals surface area contributed by atoms with Crippen LogP contribution in [0.1, 0.15) is 33.6 Å². The predicted molar refractivity (Wildman–Crippen MR) is 87.0 cm³/mol. The second-order valence-electron chi connectivity index (χ2n) is 5.07. The van der Waals surface area contributed by atoms with Crippen LogP contribution < -0.4 is 4.74 Å². The number of benzene rings is 2. The lowest BCUT2D eigenvalue weighted by Crippen LogP contribution is -2.09. The number of Topliss-reactive ketones (excluding diaryl/α,β-unsaturated/α-hetero) is 2. The van der Waals surface area contributed by atoms with Crippen molar-refractivity contribution in [3.8, 4) is 5.75 Å². The number of ether oxygens (including phenoxy) is 1. The third kappa shape index (κ3) is 3.39. The van der Waals surface area contributed by atoms with Crippen molar-refractivity contribution in [3.05, 3.63) is 59.7 Å². The molecule has 0 saturated heterocycles. The quantitative estimate of drug-likeness (QED) is 0.782. The molecule has 4 heteroatoms. The molecule has 2 aromatic carbocycles. The van der Waals surface area contributed by atoms with E-state index in [1.807, 2.05) is 30.3 Å². The highest BCUT2D eigenvalue weighted by Crippen LogP contribution is 2.34. The molecule has 112 valence electrons. The lowest BCUT2D eigenvalue weighted by atomic mass is 10.0. The Hall–Kier alpha value is -2.07. The Morgan fingerprint density at radius 2 is 1.68 bits per heavy atom. The molecule has 22 heavy (non-hydrogen) atoms.